The van der Waals surface area contributed by atoms with E-state index >= 15 is 0 Å². The second-order valence-corrected chi connectivity index (χ2v) is 8.38. The molecule has 3 aromatic rings. The van der Waals surface area contributed by atoms with Crippen LogP contribution in [0, 0.1) is 0 Å². The van der Waals surface area contributed by atoms with Crippen molar-refractivity contribution in [1.29, 1.82) is 0 Å². The van der Waals surface area contributed by atoms with Crippen molar-refractivity contribution >= 4 is 17.5 Å². The van der Waals surface area contributed by atoms with Crippen LogP contribution >= 0.6 is 11.6 Å². The van der Waals surface area contributed by atoms with Crippen molar-refractivity contribution in [2.24, 2.45) is 0 Å². The Balaban J connectivity index is 1.47. The molecule has 1 fully saturated rings. The highest BCUT2D eigenvalue weighted by Crippen LogP contribution is 2.23. The summed E-state index contributed by atoms with van der Waals surface area (Å²) < 4.78 is 7.09. The average Bonchev–Trinajstić information content (AvgIpc) is 3.42. The zero-order valence-electron chi connectivity index (χ0n) is 17.2. The minimum atomic E-state index is -0.151. The lowest BCUT2D eigenvalue weighted by atomic mass is 10.0. The minimum Gasteiger partial charge on any atom is -0.463 e. The summed E-state index contributed by atoms with van der Waals surface area (Å²) >= 11 is 6.16. The number of nitrogens with one attached hydrogen (secondary N) is 2. The Labute approximate surface area is 181 Å². The van der Waals surface area contributed by atoms with Gasteiger partial charge in [0, 0.05) is 24.1 Å². The molecule has 0 spiro atoms. The van der Waals surface area contributed by atoms with E-state index in [0.29, 0.717) is 28.7 Å². The predicted octanol–water partition coefficient (Wildman–Crippen LogP) is 3.36. The number of quaternary nitrogens is 1. The van der Waals surface area contributed by atoms with Gasteiger partial charge in [-0.05, 0) is 56.5 Å². The van der Waals surface area contributed by atoms with Crippen LogP contribution in [0.1, 0.15) is 43.1 Å². The van der Waals surface area contributed by atoms with Gasteiger partial charge in [0.15, 0.2) is 5.76 Å². The second-order valence-electron chi connectivity index (χ2n) is 7.95. The summed E-state index contributed by atoms with van der Waals surface area (Å²) in [5, 5.41) is 8.25. The summed E-state index contributed by atoms with van der Waals surface area (Å²) in [4.78, 5) is 14.6. The van der Waals surface area contributed by atoms with Gasteiger partial charge in [0.25, 0.3) is 5.91 Å². The molecule has 1 aliphatic heterocycles. The maximum absolute atomic E-state index is 13.0. The Bertz CT molecular complexity index is 983. The molecule has 7 heteroatoms. The summed E-state index contributed by atoms with van der Waals surface area (Å²) in [6.45, 7) is 5.30. The molecule has 3 heterocycles. The number of nitrogens with zero attached hydrogens (tertiary/aromatic N) is 2. The third-order valence-corrected chi connectivity index (χ3v) is 6.05. The maximum atomic E-state index is 13.0. The van der Waals surface area contributed by atoms with Crippen molar-refractivity contribution in [2.75, 3.05) is 19.6 Å². The number of carbonyl (C=O) groups is 1. The molecule has 1 aliphatic rings. The van der Waals surface area contributed by atoms with Gasteiger partial charge in [-0.1, -0.05) is 17.7 Å². The van der Waals surface area contributed by atoms with Gasteiger partial charge in [0.05, 0.1) is 31.1 Å². The topological polar surface area (TPSA) is 64.5 Å². The van der Waals surface area contributed by atoms with Gasteiger partial charge in [-0.15, -0.1) is 0 Å². The highest BCUT2D eigenvalue weighted by atomic mass is 35.5. The van der Waals surface area contributed by atoms with Gasteiger partial charge in [-0.2, -0.15) is 5.10 Å². The SMILES string of the molecule is C[C@@H]1CCCC[NH+]1CCCNC(=O)c1cc(-c2ccco2)nn1-c1cccc(Cl)c1. The smallest absolute Gasteiger partial charge is 0.270 e. The van der Waals surface area contributed by atoms with Gasteiger partial charge in [0.1, 0.15) is 11.4 Å². The van der Waals surface area contributed by atoms with Crippen molar-refractivity contribution in [3.8, 4) is 17.1 Å². The van der Waals surface area contributed by atoms with Gasteiger partial charge in [-0.25, -0.2) is 4.68 Å². The molecule has 6 nitrogen and oxygen atoms in total. The molecule has 2 aromatic heterocycles. The molecule has 1 saturated heterocycles. The number of amides is 1. The van der Waals surface area contributed by atoms with Crippen LogP contribution in [-0.4, -0.2) is 41.4 Å². The molecule has 0 saturated carbocycles. The second kappa shape index (κ2) is 9.49. The quantitative estimate of drug-likeness (QED) is 0.568. The highest BCUT2D eigenvalue weighted by molar-refractivity contribution is 6.30. The number of benzene rings is 1. The molecule has 2 atom stereocenters. The Hall–Kier alpha value is -2.57. The van der Waals surface area contributed by atoms with E-state index in [4.69, 9.17) is 16.0 Å². The molecule has 1 unspecified atom stereocenters. The van der Waals surface area contributed by atoms with Crippen molar-refractivity contribution in [3.05, 3.63) is 59.4 Å². The first-order valence-corrected chi connectivity index (χ1v) is 11.0. The molecule has 158 valence electrons. The Morgan fingerprint density at radius 2 is 2.20 bits per heavy atom. The molecule has 0 bridgehead atoms. The van der Waals surface area contributed by atoms with E-state index in [0.717, 1.165) is 24.7 Å². The summed E-state index contributed by atoms with van der Waals surface area (Å²) in [5.41, 5.74) is 1.80. The standard InChI is InChI=1S/C23H27ClN4O2/c1-17-7-2-3-12-27(17)13-6-11-25-23(29)21-16-20(22-10-5-14-30-22)26-28(21)19-9-4-8-18(24)15-19/h4-5,8-10,14-17H,2-3,6-7,11-13H2,1H3,(H,25,29)/p+1/t17-/m1/s1. The van der Waals surface area contributed by atoms with E-state index in [1.165, 1.54) is 25.8 Å². The molecule has 1 amide bonds. The fourth-order valence-corrected chi connectivity index (χ4v) is 4.31. The zero-order chi connectivity index (χ0) is 20.9. The monoisotopic (exact) mass is 427 g/mol. The lowest BCUT2D eigenvalue weighted by Crippen LogP contribution is -3.16. The molecule has 0 radical (unpaired) electrons. The number of halogens is 1. The number of hydrogen-bond donors (Lipinski definition) is 2. The van der Waals surface area contributed by atoms with E-state index in [-0.39, 0.29) is 5.91 Å². The number of rotatable bonds is 7. The van der Waals surface area contributed by atoms with Gasteiger partial charge in [0.2, 0.25) is 0 Å². The first-order chi connectivity index (χ1) is 14.6. The van der Waals surface area contributed by atoms with Crippen LogP contribution in [0.15, 0.2) is 53.1 Å². The van der Waals surface area contributed by atoms with Crippen LogP contribution in [0.4, 0.5) is 0 Å². The third kappa shape index (κ3) is 4.77. The normalized spacial score (nSPS) is 19.0. The van der Waals surface area contributed by atoms with Gasteiger partial charge >= 0.3 is 0 Å². The highest BCUT2D eigenvalue weighted by Gasteiger charge is 2.22. The maximum Gasteiger partial charge on any atom is 0.270 e. The van der Waals surface area contributed by atoms with Crippen molar-refractivity contribution in [3.63, 3.8) is 0 Å². The first kappa shape index (κ1) is 20.7. The summed E-state index contributed by atoms with van der Waals surface area (Å²) in [6.07, 6.45) is 6.50. The van der Waals surface area contributed by atoms with Crippen molar-refractivity contribution in [1.82, 2.24) is 15.1 Å². The van der Waals surface area contributed by atoms with Crippen LogP contribution in [0.5, 0.6) is 0 Å². The number of aromatic nitrogens is 2. The fraction of sp³-hybridized carbons (Fsp3) is 0.391. The molecule has 4 rings (SSSR count). The van der Waals surface area contributed by atoms with Gasteiger partial charge < -0.3 is 14.6 Å². The van der Waals surface area contributed by atoms with E-state index in [1.807, 2.05) is 18.2 Å². The third-order valence-electron chi connectivity index (χ3n) is 5.81. The van der Waals surface area contributed by atoms with E-state index in [2.05, 4.69) is 17.3 Å². The van der Waals surface area contributed by atoms with Crippen molar-refractivity contribution in [2.45, 2.75) is 38.6 Å². The van der Waals surface area contributed by atoms with Crippen molar-refractivity contribution < 1.29 is 14.1 Å². The molecule has 1 aromatic carbocycles. The predicted molar refractivity (Wildman–Crippen MR) is 117 cm³/mol. The number of likely N-dealkylation sites (tertiary alicyclic amines) is 1. The fourth-order valence-electron chi connectivity index (χ4n) is 4.12. The largest absolute Gasteiger partial charge is 0.463 e. The molecular weight excluding hydrogens is 400 g/mol. The average molecular weight is 428 g/mol. The number of hydrogen-bond acceptors (Lipinski definition) is 3. The molecule has 0 aliphatic carbocycles. The first-order valence-electron chi connectivity index (χ1n) is 10.6. The van der Waals surface area contributed by atoms with Crippen LogP contribution in [0.3, 0.4) is 0 Å². The minimum absolute atomic E-state index is 0.151. The Morgan fingerprint density at radius 1 is 1.30 bits per heavy atom. The van der Waals surface area contributed by atoms with Crippen LogP contribution < -0.4 is 10.2 Å². The number of furan rings is 1. The lowest BCUT2D eigenvalue weighted by molar-refractivity contribution is -0.928. The summed E-state index contributed by atoms with van der Waals surface area (Å²) in [5.74, 6) is 0.467. The molecule has 30 heavy (non-hydrogen) atoms. The lowest BCUT2D eigenvalue weighted by Gasteiger charge is -2.30. The molecular formula is C23H28ClN4O2+. The number of carbonyl (C=O) groups excluding carboxylic acids is 1. The van der Waals surface area contributed by atoms with E-state index in [9.17, 15) is 4.79 Å². The van der Waals surface area contributed by atoms with Crippen LogP contribution in [0.25, 0.3) is 17.1 Å². The summed E-state index contributed by atoms with van der Waals surface area (Å²) in [7, 11) is 0. The van der Waals surface area contributed by atoms with Crippen LogP contribution in [-0.2, 0) is 0 Å². The Morgan fingerprint density at radius 3 is 2.97 bits per heavy atom. The summed E-state index contributed by atoms with van der Waals surface area (Å²) in [6, 6.07) is 13.4. The number of piperidine rings is 1. The zero-order valence-corrected chi connectivity index (χ0v) is 18.0. The van der Waals surface area contributed by atoms with E-state index in [1.54, 1.807) is 40.1 Å². The molecule has 2 N–H and O–H groups in total. The van der Waals surface area contributed by atoms with Crippen LogP contribution in [0.2, 0.25) is 5.02 Å². The Kier molecular flexibility index (Phi) is 6.55. The van der Waals surface area contributed by atoms with E-state index < -0.39 is 0 Å². The van der Waals surface area contributed by atoms with Gasteiger partial charge in [-0.3, -0.25) is 4.79 Å².